The Labute approximate surface area is 95.1 Å². The van der Waals surface area contributed by atoms with Gasteiger partial charge in [-0.25, -0.2) is 0 Å². The van der Waals surface area contributed by atoms with Crippen LogP contribution in [-0.2, 0) is 5.60 Å². The summed E-state index contributed by atoms with van der Waals surface area (Å²) in [7, 11) is 0. The van der Waals surface area contributed by atoms with Crippen molar-refractivity contribution >= 4 is 11.3 Å². The molecule has 1 rings (SSSR count). The van der Waals surface area contributed by atoms with Crippen molar-refractivity contribution in [2.75, 3.05) is 0 Å². The molecule has 0 fully saturated rings. The summed E-state index contributed by atoms with van der Waals surface area (Å²) >= 11 is 0.271. The van der Waals surface area contributed by atoms with Crippen molar-refractivity contribution < 1.29 is 36.6 Å². The molecule has 0 saturated carbocycles. The van der Waals surface area contributed by atoms with Crippen molar-refractivity contribution in [3.63, 3.8) is 0 Å². The van der Waals surface area contributed by atoms with Crippen LogP contribution in [0, 0.1) is 0 Å². The van der Waals surface area contributed by atoms with E-state index in [0.717, 1.165) is 11.4 Å². The number of alkyl halides is 6. The standard InChI is InChI=1S/C8H6F6O2S/c9-7(10,11)5(15)6(16,8(12,13)14)4-2-1-3-17-4/h1-3,5,15-16H. The average Bonchev–Trinajstić information content (AvgIpc) is 2.64. The Kier molecular flexibility index (Phi) is 3.48. The lowest BCUT2D eigenvalue weighted by Crippen LogP contribution is -2.57. The predicted octanol–water partition coefficient (Wildman–Crippen LogP) is 2.42. The van der Waals surface area contributed by atoms with Crippen LogP contribution in [0.2, 0.25) is 0 Å². The highest BCUT2D eigenvalue weighted by Crippen LogP contribution is 2.47. The van der Waals surface area contributed by atoms with Crippen LogP contribution in [0.3, 0.4) is 0 Å². The summed E-state index contributed by atoms with van der Waals surface area (Å²) in [6.07, 6.45) is -15.2. The molecular weight excluding hydrogens is 274 g/mol. The summed E-state index contributed by atoms with van der Waals surface area (Å²) in [5.41, 5.74) is -4.35. The lowest BCUT2D eigenvalue weighted by molar-refractivity contribution is -0.346. The maximum Gasteiger partial charge on any atom is 0.425 e. The van der Waals surface area contributed by atoms with E-state index in [9.17, 15) is 31.4 Å². The van der Waals surface area contributed by atoms with E-state index in [1.807, 2.05) is 0 Å². The van der Waals surface area contributed by atoms with E-state index in [1.165, 1.54) is 0 Å². The van der Waals surface area contributed by atoms with Gasteiger partial charge in [0, 0.05) is 4.88 Å². The predicted molar refractivity (Wildman–Crippen MR) is 46.3 cm³/mol. The Morgan fingerprint density at radius 3 is 1.94 bits per heavy atom. The van der Waals surface area contributed by atoms with Crippen LogP contribution < -0.4 is 0 Å². The molecule has 0 amide bonds. The van der Waals surface area contributed by atoms with E-state index >= 15 is 0 Å². The molecule has 1 aromatic rings. The van der Waals surface area contributed by atoms with E-state index in [4.69, 9.17) is 5.11 Å². The molecule has 0 saturated heterocycles. The molecule has 1 aromatic heterocycles. The number of thiophene rings is 1. The van der Waals surface area contributed by atoms with Gasteiger partial charge in [-0.2, -0.15) is 26.3 Å². The second-order valence-corrected chi connectivity index (χ2v) is 4.13. The fraction of sp³-hybridized carbons (Fsp3) is 0.500. The van der Waals surface area contributed by atoms with Crippen molar-refractivity contribution in [2.24, 2.45) is 0 Å². The van der Waals surface area contributed by atoms with Crippen LogP contribution in [0.4, 0.5) is 26.3 Å². The molecule has 1 heterocycles. The van der Waals surface area contributed by atoms with Crippen molar-refractivity contribution in [1.82, 2.24) is 0 Å². The molecule has 9 heteroatoms. The van der Waals surface area contributed by atoms with Crippen LogP contribution in [0.1, 0.15) is 4.88 Å². The van der Waals surface area contributed by atoms with Gasteiger partial charge in [0.15, 0.2) is 6.10 Å². The quantitative estimate of drug-likeness (QED) is 0.817. The Balaban J connectivity index is 3.32. The molecule has 0 aliphatic heterocycles. The zero-order valence-corrected chi connectivity index (χ0v) is 8.70. The first kappa shape index (κ1) is 14.3. The van der Waals surface area contributed by atoms with Crippen LogP contribution in [0.15, 0.2) is 17.5 Å². The molecule has 0 spiro atoms. The molecule has 0 aliphatic carbocycles. The highest BCUT2D eigenvalue weighted by atomic mass is 32.1. The fourth-order valence-electron chi connectivity index (χ4n) is 1.16. The van der Waals surface area contributed by atoms with Crippen LogP contribution in [0.25, 0.3) is 0 Å². The van der Waals surface area contributed by atoms with Crippen molar-refractivity contribution in [1.29, 1.82) is 0 Å². The molecule has 98 valence electrons. The summed E-state index contributed by atoms with van der Waals surface area (Å²) in [6, 6.07) is 1.72. The SMILES string of the molecule is OC(C(F)(F)F)C(O)(c1cccs1)C(F)(F)F. The number of rotatable bonds is 2. The Morgan fingerprint density at radius 1 is 1.12 bits per heavy atom. The minimum Gasteiger partial charge on any atom is -0.381 e. The van der Waals surface area contributed by atoms with E-state index in [1.54, 1.807) is 0 Å². The van der Waals surface area contributed by atoms with Gasteiger partial charge in [-0.05, 0) is 11.4 Å². The van der Waals surface area contributed by atoms with Gasteiger partial charge in [-0.15, -0.1) is 11.3 Å². The van der Waals surface area contributed by atoms with Gasteiger partial charge >= 0.3 is 12.4 Å². The third-order valence-electron chi connectivity index (χ3n) is 2.03. The van der Waals surface area contributed by atoms with Gasteiger partial charge in [0.2, 0.25) is 5.60 Å². The normalized spacial score (nSPS) is 18.8. The van der Waals surface area contributed by atoms with Crippen molar-refractivity contribution in [2.45, 2.75) is 24.1 Å². The van der Waals surface area contributed by atoms with Gasteiger partial charge < -0.3 is 10.2 Å². The second kappa shape index (κ2) is 4.14. The Bertz CT molecular complexity index is 370. The van der Waals surface area contributed by atoms with Gasteiger partial charge in [0.05, 0.1) is 0 Å². The van der Waals surface area contributed by atoms with Gasteiger partial charge in [0.25, 0.3) is 0 Å². The fourth-order valence-corrected chi connectivity index (χ4v) is 2.03. The van der Waals surface area contributed by atoms with E-state index in [2.05, 4.69) is 0 Å². The minimum atomic E-state index is -5.65. The molecular formula is C8H6F6O2S. The number of halogens is 6. The first-order valence-electron chi connectivity index (χ1n) is 4.09. The van der Waals surface area contributed by atoms with E-state index in [0.29, 0.717) is 6.07 Å². The summed E-state index contributed by atoms with van der Waals surface area (Å²) < 4.78 is 74.1. The third-order valence-corrected chi connectivity index (χ3v) is 3.03. The monoisotopic (exact) mass is 280 g/mol. The minimum absolute atomic E-state index is 0.271. The molecule has 0 radical (unpaired) electrons. The summed E-state index contributed by atoms with van der Waals surface area (Å²) in [4.78, 5) is -1.02. The summed E-state index contributed by atoms with van der Waals surface area (Å²) in [6.45, 7) is 0. The third kappa shape index (κ3) is 2.40. The van der Waals surface area contributed by atoms with Gasteiger partial charge in [0.1, 0.15) is 0 Å². The Hall–Kier alpha value is -0.800. The molecule has 0 bridgehead atoms. The summed E-state index contributed by atoms with van der Waals surface area (Å²) in [5, 5.41) is 19.0. The molecule has 0 aliphatic rings. The van der Waals surface area contributed by atoms with Crippen LogP contribution in [-0.4, -0.2) is 28.7 Å². The average molecular weight is 280 g/mol. The smallest absolute Gasteiger partial charge is 0.381 e. The van der Waals surface area contributed by atoms with Crippen LogP contribution in [0.5, 0.6) is 0 Å². The molecule has 2 atom stereocenters. The van der Waals surface area contributed by atoms with Gasteiger partial charge in [-0.3, -0.25) is 0 Å². The largest absolute Gasteiger partial charge is 0.425 e. The van der Waals surface area contributed by atoms with E-state index < -0.39 is 28.9 Å². The zero-order chi connectivity index (χ0) is 13.5. The first-order chi connectivity index (χ1) is 7.51. The lowest BCUT2D eigenvalue weighted by Gasteiger charge is -2.34. The number of hydrogen-bond acceptors (Lipinski definition) is 3. The van der Waals surface area contributed by atoms with Crippen molar-refractivity contribution in [3.05, 3.63) is 22.4 Å². The first-order valence-corrected chi connectivity index (χ1v) is 4.97. The second-order valence-electron chi connectivity index (χ2n) is 3.19. The van der Waals surface area contributed by atoms with Crippen molar-refractivity contribution in [3.8, 4) is 0 Å². The molecule has 2 unspecified atom stereocenters. The molecule has 0 aromatic carbocycles. The number of aliphatic hydroxyl groups excluding tert-OH is 1. The maximum atomic E-state index is 12.5. The molecule has 2 N–H and O–H groups in total. The zero-order valence-electron chi connectivity index (χ0n) is 7.88. The topological polar surface area (TPSA) is 40.5 Å². The highest BCUT2D eigenvalue weighted by Gasteiger charge is 2.67. The van der Waals surface area contributed by atoms with Gasteiger partial charge in [-0.1, -0.05) is 6.07 Å². The molecule has 2 nitrogen and oxygen atoms in total. The highest BCUT2D eigenvalue weighted by molar-refractivity contribution is 7.10. The Morgan fingerprint density at radius 2 is 1.65 bits per heavy atom. The van der Waals surface area contributed by atoms with Crippen LogP contribution >= 0.6 is 11.3 Å². The van der Waals surface area contributed by atoms with E-state index in [-0.39, 0.29) is 11.3 Å². The maximum absolute atomic E-state index is 12.5. The lowest BCUT2D eigenvalue weighted by atomic mass is 9.93. The summed E-state index contributed by atoms with van der Waals surface area (Å²) in [5.74, 6) is 0. The number of aliphatic hydroxyl groups is 2. The number of hydrogen-bond donors (Lipinski definition) is 2. The molecule has 17 heavy (non-hydrogen) atoms.